The lowest BCUT2D eigenvalue weighted by molar-refractivity contribution is -0.896. The second kappa shape index (κ2) is 10.2. The van der Waals surface area contributed by atoms with Gasteiger partial charge in [-0.3, -0.25) is 0 Å². The van der Waals surface area contributed by atoms with E-state index in [1.807, 2.05) is 0 Å². The summed E-state index contributed by atoms with van der Waals surface area (Å²) in [7, 11) is 5.08. The molecule has 2 N–H and O–H groups in total. The zero-order valence-electron chi connectivity index (χ0n) is 16.7. The maximum Gasteiger partial charge on any atom is 0.140 e. The minimum absolute atomic E-state index is 0.708. The van der Waals surface area contributed by atoms with E-state index in [1.165, 1.54) is 13.1 Å². The number of hydrogen-bond acceptors (Lipinski definition) is 6. The van der Waals surface area contributed by atoms with Crippen LogP contribution in [0.5, 0.6) is 0 Å². The molecule has 0 aromatic heterocycles. The van der Waals surface area contributed by atoms with Crippen molar-refractivity contribution in [2.75, 3.05) is 48.4 Å². The van der Waals surface area contributed by atoms with Crippen LogP contribution >= 0.6 is 7.82 Å². The molecule has 0 aliphatic carbocycles. The highest BCUT2D eigenvalue weighted by Gasteiger charge is 2.32. The molecule has 0 saturated carbocycles. The molecule has 0 amide bonds. The van der Waals surface area contributed by atoms with E-state index >= 15 is 0 Å². The van der Waals surface area contributed by atoms with Crippen molar-refractivity contribution in [1.29, 1.82) is 0 Å². The average Bonchev–Trinajstić information content (AvgIpc) is 2.84. The first-order valence-corrected chi connectivity index (χ1v) is 9.94. The van der Waals surface area contributed by atoms with E-state index < -0.39 is 7.82 Å². The van der Waals surface area contributed by atoms with Gasteiger partial charge in [0, 0.05) is 21.0 Å². The van der Waals surface area contributed by atoms with E-state index in [-0.39, 0.29) is 0 Å². The highest BCUT2D eigenvalue weighted by Crippen LogP contribution is 2.21. The predicted octanol–water partition coefficient (Wildman–Crippen LogP) is -3.18. The highest BCUT2D eigenvalue weighted by atomic mass is 31.2. The summed E-state index contributed by atoms with van der Waals surface area (Å²) in [6.45, 7) is 11.7. The number of quaternary nitrogens is 2. The lowest BCUT2D eigenvalue weighted by Crippen LogP contribution is -3.11. The third-order valence-corrected chi connectivity index (χ3v) is 5.94. The number of likely N-dealkylation sites (N-methyl/N-ethyl adjacent to an activating group) is 4. The summed E-state index contributed by atoms with van der Waals surface area (Å²) in [4.78, 5) is 26.6. The van der Waals surface area contributed by atoms with Crippen molar-refractivity contribution in [1.82, 2.24) is 9.80 Å². The van der Waals surface area contributed by atoms with Crippen molar-refractivity contribution < 1.29 is 28.7 Å². The number of hydrogen-bond donors (Lipinski definition) is 2. The van der Waals surface area contributed by atoms with Gasteiger partial charge >= 0.3 is 0 Å². The monoisotopic (exact) mass is 368 g/mol. The van der Waals surface area contributed by atoms with Crippen molar-refractivity contribution in [2.24, 2.45) is 0 Å². The molecule has 0 aromatic rings. The fourth-order valence-electron chi connectivity index (χ4n) is 3.02. The van der Waals surface area contributed by atoms with Gasteiger partial charge in [0.1, 0.15) is 12.3 Å². The molecule has 6 atom stereocenters. The van der Waals surface area contributed by atoms with E-state index in [0.29, 0.717) is 12.3 Å². The molecule has 2 saturated heterocycles. The first-order chi connectivity index (χ1) is 10.8. The maximum absolute atomic E-state index is 9.25. The molecule has 146 valence electrons. The van der Waals surface area contributed by atoms with E-state index in [4.69, 9.17) is 0 Å². The maximum atomic E-state index is 9.25. The molecular weight excluding hydrogens is 331 g/mol. The lowest BCUT2D eigenvalue weighted by Gasteiger charge is -2.25. The Bertz CT molecular complexity index is 359. The predicted molar refractivity (Wildman–Crippen MR) is 91.5 cm³/mol. The van der Waals surface area contributed by atoms with Crippen LogP contribution in [0.25, 0.3) is 0 Å². The Kier molecular flexibility index (Phi) is 10.2. The van der Waals surface area contributed by atoms with Gasteiger partial charge in [-0.2, -0.15) is 0 Å². The van der Waals surface area contributed by atoms with Gasteiger partial charge in [-0.25, -0.2) is 9.80 Å². The van der Waals surface area contributed by atoms with Gasteiger partial charge in [0.2, 0.25) is 0 Å². The zero-order valence-corrected chi connectivity index (χ0v) is 17.6. The molecule has 24 heavy (non-hydrogen) atoms. The second-order valence-corrected chi connectivity index (χ2v) is 8.37. The zero-order chi connectivity index (χ0) is 19.2. The first-order valence-electron chi connectivity index (χ1n) is 8.48. The Morgan fingerprint density at radius 1 is 0.917 bits per heavy atom. The van der Waals surface area contributed by atoms with E-state index in [0.717, 1.165) is 19.2 Å². The van der Waals surface area contributed by atoms with Crippen molar-refractivity contribution in [3.63, 3.8) is 0 Å². The second-order valence-electron chi connectivity index (χ2n) is 7.11. The number of nitrogens with one attached hydrogen (secondary N) is 2. The minimum Gasteiger partial charge on any atom is -0.790 e. The number of nitrogens with zero attached hydrogens (tertiary/aromatic N) is 2. The summed E-state index contributed by atoms with van der Waals surface area (Å²) < 4.78 is 12.6. The van der Waals surface area contributed by atoms with Gasteiger partial charge in [0.25, 0.3) is 0 Å². The molecule has 2 heterocycles. The van der Waals surface area contributed by atoms with Gasteiger partial charge in [-0.1, -0.05) is 0 Å². The van der Waals surface area contributed by atoms with Crippen LogP contribution in [-0.2, 0) is 9.09 Å². The Hall–Kier alpha value is -0.0500. The summed E-state index contributed by atoms with van der Waals surface area (Å²) in [6, 6.07) is 1.53. The normalized spacial score (nSPS) is 37.5. The van der Waals surface area contributed by atoms with Crippen molar-refractivity contribution in [2.45, 2.75) is 52.1 Å². The number of phosphoric ester groups is 1. The van der Waals surface area contributed by atoms with Gasteiger partial charge in [-0.05, 0) is 27.9 Å². The van der Waals surface area contributed by atoms with Crippen LogP contribution in [0.2, 0.25) is 0 Å². The van der Waals surface area contributed by atoms with Crippen LogP contribution in [0.4, 0.5) is 0 Å². The summed E-state index contributed by atoms with van der Waals surface area (Å²) in [5.74, 6) is 0. The molecule has 6 unspecified atom stereocenters. The summed E-state index contributed by atoms with van der Waals surface area (Å²) >= 11 is 0. The number of phosphoric acid groups is 1. The third-order valence-electron chi connectivity index (χ3n) is 5.50. The van der Waals surface area contributed by atoms with Crippen molar-refractivity contribution in [3.05, 3.63) is 0 Å². The smallest absolute Gasteiger partial charge is 0.140 e. The molecule has 8 nitrogen and oxygen atoms in total. The topological polar surface area (TPSA) is 87.8 Å². The van der Waals surface area contributed by atoms with Crippen molar-refractivity contribution >= 4 is 7.82 Å². The fourth-order valence-corrected chi connectivity index (χ4v) is 3.02. The standard InChI is InChI=1S/2C7H16N2.CH5O4P/c2*1-6-5-8(3)7(2)9(6)4;1-5-6(2,3)4/h2*6-7H,5H2,1-4H3;1H3,(H2,2,3,4). The van der Waals surface area contributed by atoms with Gasteiger partial charge < -0.3 is 28.7 Å². The van der Waals surface area contributed by atoms with Crippen LogP contribution in [0.1, 0.15) is 27.7 Å². The summed E-state index contributed by atoms with van der Waals surface area (Å²) in [5.41, 5.74) is 0. The molecule has 0 bridgehead atoms. The molecule has 2 aliphatic heterocycles. The van der Waals surface area contributed by atoms with Crippen molar-refractivity contribution in [3.8, 4) is 0 Å². The molecular formula is C15H37N4O4P. The molecule has 0 aromatic carbocycles. The van der Waals surface area contributed by atoms with Crippen LogP contribution in [0, 0.1) is 0 Å². The fraction of sp³-hybridized carbons (Fsp3) is 1.00. The van der Waals surface area contributed by atoms with E-state index in [2.05, 4.69) is 70.2 Å². The Morgan fingerprint density at radius 3 is 1.21 bits per heavy atom. The SMILES string of the molecule is CC1C[NH+](C)C(C)N1C.CC1C[NH+](C)C(C)N1C.COP(=O)([O-])[O-]. The van der Waals surface area contributed by atoms with Crippen LogP contribution in [-0.4, -0.2) is 82.6 Å². The Balaban J connectivity index is 0.000000340. The van der Waals surface area contributed by atoms with Crippen LogP contribution in [0.3, 0.4) is 0 Å². The minimum atomic E-state index is -4.65. The largest absolute Gasteiger partial charge is 0.790 e. The number of rotatable bonds is 1. The van der Waals surface area contributed by atoms with Crippen LogP contribution in [0.15, 0.2) is 0 Å². The van der Waals surface area contributed by atoms with Gasteiger partial charge in [0.05, 0.1) is 47.1 Å². The molecule has 2 rings (SSSR count). The molecule has 0 spiro atoms. The lowest BCUT2D eigenvalue weighted by atomic mass is 10.3. The van der Waals surface area contributed by atoms with Crippen LogP contribution < -0.4 is 19.6 Å². The molecule has 0 radical (unpaired) electrons. The average molecular weight is 368 g/mol. The Labute approximate surface area is 147 Å². The van der Waals surface area contributed by atoms with E-state index in [9.17, 15) is 14.4 Å². The van der Waals surface area contributed by atoms with E-state index in [1.54, 1.807) is 9.80 Å². The third kappa shape index (κ3) is 7.89. The summed E-state index contributed by atoms with van der Waals surface area (Å²) in [5, 5.41) is 0. The summed E-state index contributed by atoms with van der Waals surface area (Å²) in [6.07, 6.45) is 1.42. The highest BCUT2D eigenvalue weighted by molar-refractivity contribution is 7.43. The molecule has 9 heteroatoms. The Morgan fingerprint density at radius 2 is 1.17 bits per heavy atom. The van der Waals surface area contributed by atoms with Gasteiger partial charge in [0.15, 0.2) is 0 Å². The van der Waals surface area contributed by atoms with Gasteiger partial charge in [-0.15, -0.1) is 0 Å². The quantitative estimate of drug-likeness (QED) is 0.475. The molecule has 2 fully saturated rings. The first kappa shape index (κ1) is 23.9. The molecule has 2 aliphatic rings.